The molecule has 0 aliphatic heterocycles. The van der Waals surface area contributed by atoms with Crippen molar-refractivity contribution >= 4 is 22.9 Å². The SMILES string of the molecule is CN(C)CCn1c(Cn2cc(C=CC(=O)NO)nn2)cc2ccccc21. The molecule has 0 radical (unpaired) electrons. The maximum absolute atomic E-state index is 11.0. The first-order valence-corrected chi connectivity index (χ1v) is 8.31. The Morgan fingerprint density at radius 2 is 2.15 bits per heavy atom. The highest BCUT2D eigenvalue weighted by atomic mass is 16.5. The summed E-state index contributed by atoms with van der Waals surface area (Å²) in [5.41, 5.74) is 4.42. The minimum absolute atomic E-state index is 0.546. The molecule has 0 aliphatic rings. The molecule has 8 nitrogen and oxygen atoms in total. The molecule has 2 N–H and O–H groups in total. The van der Waals surface area contributed by atoms with Crippen molar-refractivity contribution in [1.82, 2.24) is 29.9 Å². The minimum Gasteiger partial charge on any atom is -0.342 e. The molecule has 1 aromatic carbocycles. The summed E-state index contributed by atoms with van der Waals surface area (Å²) in [5, 5.41) is 17.8. The van der Waals surface area contributed by atoms with Gasteiger partial charge in [0.05, 0.1) is 12.7 Å². The van der Waals surface area contributed by atoms with E-state index in [4.69, 9.17) is 5.21 Å². The van der Waals surface area contributed by atoms with E-state index >= 15 is 0 Å². The number of nitrogens with zero attached hydrogens (tertiary/aromatic N) is 5. The second kappa shape index (κ2) is 7.94. The third-order valence-corrected chi connectivity index (χ3v) is 4.06. The minimum atomic E-state index is -0.608. The molecule has 0 saturated heterocycles. The number of fused-ring (bicyclic) bond motifs is 1. The van der Waals surface area contributed by atoms with Gasteiger partial charge in [0.1, 0.15) is 5.69 Å². The molecule has 136 valence electrons. The van der Waals surface area contributed by atoms with Crippen LogP contribution in [-0.4, -0.2) is 56.2 Å². The Labute approximate surface area is 151 Å². The molecule has 3 aromatic rings. The van der Waals surface area contributed by atoms with E-state index < -0.39 is 5.91 Å². The Morgan fingerprint density at radius 1 is 1.35 bits per heavy atom. The quantitative estimate of drug-likeness (QED) is 0.380. The van der Waals surface area contributed by atoms with E-state index in [9.17, 15) is 4.79 Å². The summed E-state index contributed by atoms with van der Waals surface area (Å²) in [6, 6.07) is 10.5. The Hall–Kier alpha value is -2.97. The third kappa shape index (κ3) is 4.16. The molecule has 3 rings (SSSR count). The average molecular weight is 354 g/mol. The summed E-state index contributed by atoms with van der Waals surface area (Å²) in [5.74, 6) is -0.608. The zero-order chi connectivity index (χ0) is 18.5. The predicted octanol–water partition coefficient (Wildman–Crippen LogP) is 1.36. The highest BCUT2D eigenvalue weighted by Crippen LogP contribution is 2.20. The van der Waals surface area contributed by atoms with Crippen molar-refractivity contribution in [3.8, 4) is 0 Å². The lowest BCUT2D eigenvalue weighted by atomic mass is 10.2. The van der Waals surface area contributed by atoms with Crippen LogP contribution in [0.4, 0.5) is 0 Å². The van der Waals surface area contributed by atoms with Crippen LogP contribution in [0.5, 0.6) is 0 Å². The number of nitrogens with one attached hydrogen (secondary N) is 1. The standard InChI is InChI=1S/C18H22N6O2/c1-22(2)9-10-24-16(11-14-5-3-4-6-17(14)24)13-23-12-15(19-21-23)7-8-18(25)20-26/h3-8,11-12,26H,9-10,13H2,1-2H3,(H,20,25). The summed E-state index contributed by atoms with van der Waals surface area (Å²) in [4.78, 5) is 13.2. The van der Waals surface area contributed by atoms with Gasteiger partial charge in [-0.15, -0.1) is 5.10 Å². The fourth-order valence-corrected chi connectivity index (χ4v) is 2.79. The number of carbonyl (C=O) groups excluding carboxylic acids is 1. The monoisotopic (exact) mass is 354 g/mol. The van der Waals surface area contributed by atoms with Crippen LogP contribution >= 0.6 is 0 Å². The number of rotatable bonds is 7. The number of amides is 1. The van der Waals surface area contributed by atoms with Crippen LogP contribution < -0.4 is 5.48 Å². The summed E-state index contributed by atoms with van der Waals surface area (Å²) in [6.45, 7) is 2.40. The number of hydrogen-bond acceptors (Lipinski definition) is 5. The van der Waals surface area contributed by atoms with Crippen molar-refractivity contribution < 1.29 is 10.0 Å². The molecule has 1 amide bonds. The van der Waals surface area contributed by atoms with Gasteiger partial charge in [0.25, 0.3) is 5.91 Å². The largest absolute Gasteiger partial charge is 0.342 e. The average Bonchev–Trinajstić information content (AvgIpc) is 3.22. The number of hydroxylamine groups is 1. The first kappa shape index (κ1) is 17.8. The Balaban J connectivity index is 1.84. The predicted molar refractivity (Wildman–Crippen MR) is 98.6 cm³/mol. The van der Waals surface area contributed by atoms with Crippen molar-refractivity contribution in [2.45, 2.75) is 13.1 Å². The molecule has 0 aliphatic carbocycles. The highest BCUT2D eigenvalue weighted by molar-refractivity contribution is 5.90. The lowest BCUT2D eigenvalue weighted by Crippen LogP contribution is -2.20. The van der Waals surface area contributed by atoms with E-state index in [1.54, 1.807) is 10.9 Å². The molecule has 2 aromatic heterocycles. The van der Waals surface area contributed by atoms with Crippen LogP contribution in [0.25, 0.3) is 17.0 Å². The Bertz CT molecular complexity index is 925. The van der Waals surface area contributed by atoms with Gasteiger partial charge < -0.3 is 9.47 Å². The van der Waals surface area contributed by atoms with Crippen LogP contribution in [-0.2, 0) is 17.9 Å². The zero-order valence-corrected chi connectivity index (χ0v) is 14.8. The second-order valence-corrected chi connectivity index (χ2v) is 6.30. The van der Waals surface area contributed by atoms with E-state index in [1.165, 1.54) is 28.5 Å². The first-order chi connectivity index (χ1) is 12.6. The molecular weight excluding hydrogens is 332 g/mol. The van der Waals surface area contributed by atoms with Crippen molar-refractivity contribution in [3.63, 3.8) is 0 Å². The molecule has 0 saturated carbocycles. The van der Waals surface area contributed by atoms with E-state index in [-0.39, 0.29) is 0 Å². The molecule has 0 spiro atoms. The molecule has 26 heavy (non-hydrogen) atoms. The van der Waals surface area contributed by atoms with Gasteiger partial charge in [-0.05, 0) is 37.7 Å². The van der Waals surface area contributed by atoms with Crippen LogP contribution in [0.3, 0.4) is 0 Å². The van der Waals surface area contributed by atoms with Crippen LogP contribution in [0.2, 0.25) is 0 Å². The number of hydrogen-bond donors (Lipinski definition) is 2. The Kier molecular flexibility index (Phi) is 5.45. The molecule has 0 atom stereocenters. The van der Waals surface area contributed by atoms with Gasteiger partial charge in [0.15, 0.2) is 0 Å². The number of benzene rings is 1. The van der Waals surface area contributed by atoms with Crippen LogP contribution in [0.15, 0.2) is 42.6 Å². The van der Waals surface area contributed by atoms with Gasteiger partial charge in [-0.25, -0.2) is 10.2 Å². The third-order valence-electron chi connectivity index (χ3n) is 4.06. The molecular formula is C18H22N6O2. The number of aromatic nitrogens is 4. The van der Waals surface area contributed by atoms with Crippen LogP contribution in [0, 0.1) is 0 Å². The first-order valence-electron chi connectivity index (χ1n) is 8.31. The lowest BCUT2D eigenvalue weighted by Gasteiger charge is -2.14. The van der Waals surface area contributed by atoms with E-state index in [0.717, 1.165) is 18.8 Å². The van der Waals surface area contributed by atoms with Crippen molar-refractivity contribution in [2.75, 3.05) is 20.6 Å². The fraction of sp³-hybridized carbons (Fsp3) is 0.278. The van der Waals surface area contributed by atoms with Crippen LogP contribution in [0.1, 0.15) is 11.4 Å². The summed E-state index contributed by atoms with van der Waals surface area (Å²) in [6.07, 6.45) is 4.45. The summed E-state index contributed by atoms with van der Waals surface area (Å²) >= 11 is 0. The lowest BCUT2D eigenvalue weighted by molar-refractivity contribution is -0.124. The number of para-hydroxylation sites is 1. The van der Waals surface area contributed by atoms with Gasteiger partial charge in [0, 0.05) is 30.4 Å². The molecule has 0 bridgehead atoms. The smallest absolute Gasteiger partial charge is 0.267 e. The zero-order valence-electron chi connectivity index (χ0n) is 14.8. The Morgan fingerprint density at radius 3 is 2.92 bits per heavy atom. The van der Waals surface area contributed by atoms with Gasteiger partial charge in [0.2, 0.25) is 0 Å². The van der Waals surface area contributed by atoms with Gasteiger partial charge in [-0.2, -0.15) is 0 Å². The van der Waals surface area contributed by atoms with E-state index in [0.29, 0.717) is 12.2 Å². The maximum atomic E-state index is 11.0. The number of carbonyl (C=O) groups is 1. The molecule has 2 heterocycles. The van der Waals surface area contributed by atoms with Gasteiger partial charge >= 0.3 is 0 Å². The van der Waals surface area contributed by atoms with E-state index in [1.807, 2.05) is 12.1 Å². The highest BCUT2D eigenvalue weighted by Gasteiger charge is 2.10. The van der Waals surface area contributed by atoms with Crippen molar-refractivity contribution in [3.05, 3.63) is 54.0 Å². The van der Waals surface area contributed by atoms with Gasteiger partial charge in [-0.3, -0.25) is 10.0 Å². The van der Waals surface area contributed by atoms with Crippen molar-refractivity contribution in [1.29, 1.82) is 0 Å². The number of likely N-dealkylation sites (N-methyl/N-ethyl adjacent to an activating group) is 1. The maximum Gasteiger partial charge on any atom is 0.267 e. The summed E-state index contributed by atoms with van der Waals surface area (Å²) < 4.78 is 4.03. The molecule has 0 unspecified atom stereocenters. The molecule has 0 fully saturated rings. The van der Waals surface area contributed by atoms with Gasteiger partial charge in [-0.1, -0.05) is 23.4 Å². The molecule has 8 heteroatoms. The topological polar surface area (TPSA) is 88.2 Å². The fourth-order valence-electron chi connectivity index (χ4n) is 2.79. The summed E-state index contributed by atoms with van der Waals surface area (Å²) in [7, 11) is 4.12. The van der Waals surface area contributed by atoms with E-state index in [2.05, 4.69) is 52.1 Å². The van der Waals surface area contributed by atoms with Crippen molar-refractivity contribution in [2.24, 2.45) is 0 Å². The second-order valence-electron chi connectivity index (χ2n) is 6.30. The normalized spacial score (nSPS) is 11.7.